The minimum absolute atomic E-state index is 0.0796. The standard InChI is InChI=1S/C8H13NO3/c1-3-6(2)9-7(10)4-5-8(11)12/h4-6H,3H2,1-2H3,(H,9,10)(H,11,12)/b5-4+/t6-/m1/s1. The van der Waals surface area contributed by atoms with Crippen molar-refractivity contribution in [2.75, 3.05) is 0 Å². The Labute approximate surface area is 71.3 Å². The summed E-state index contributed by atoms with van der Waals surface area (Å²) in [6.07, 6.45) is 2.65. The Bertz CT molecular complexity index is 198. The van der Waals surface area contributed by atoms with Gasteiger partial charge in [-0.25, -0.2) is 4.79 Å². The van der Waals surface area contributed by atoms with Gasteiger partial charge in [-0.2, -0.15) is 0 Å². The molecule has 0 aliphatic heterocycles. The van der Waals surface area contributed by atoms with Crippen molar-refractivity contribution in [1.29, 1.82) is 0 Å². The molecule has 2 N–H and O–H groups in total. The molecule has 0 spiro atoms. The molecule has 12 heavy (non-hydrogen) atoms. The molecule has 1 atom stereocenters. The molecule has 1 amide bonds. The molecular weight excluding hydrogens is 158 g/mol. The van der Waals surface area contributed by atoms with Crippen LogP contribution in [-0.2, 0) is 9.59 Å². The third kappa shape index (κ3) is 5.46. The first-order valence-electron chi connectivity index (χ1n) is 3.77. The van der Waals surface area contributed by atoms with Crippen LogP contribution in [0.15, 0.2) is 12.2 Å². The number of carbonyl (C=O) groups is 2. The summed E-state index contributed by atoms with van der Waals surface area (Å²) in [4.78, 5) is 20.8. The van der Waals surface area contributed by atoms with Crippen LogP contribution in [0.5, 0.6) is 0 Å². The molecule has 0 aliphatic carbocycles. The molecule has 0 bridgehead atoms. The van der Waals surface area contributed by atoms with Gasteiger partial charge in [-0.1, -0.05) is 6.92 Å². The van der Waals surface area contributed by atoms with Crippen LogP contribution in [-0.4, -0.2) is 23.0 Å². The van der Waals surface area contributed by atoms with Crippen LogP contribution in [0.3, 0.4) is 0 Å². The van der Waals surface area contributed by atoms with Gasteiger partial charge in [0.05, 0.1) is 0 Å². The monoisotopic (exact) mass is 171 g/mol. The molecule has 4 nitrogen and oxygen atoms in total. The lowest BCUT2D eigenvalue weighted by molar-refractivity contribution is -0.131. The third-order valence-electron chi connectivity index (χ3n) is 1.38. The highest BCUT2D eigenvalue weighted by Crippen LogP contribution is 1.87. The summed E-state index contributed by atoms with van der Waals surface area (Å²) in [5.74, 6) is -1.49. The van der Waals surface area contributed by atoms with E-state index in [0.717, 1.165) is 18.6 Å². The molecule has 68 valence electrons. The number of rotatable bonds is 4. The predicted octanol–water partition coefficient (Wildman–Crippen LogP) is 0.542. The summed E-state index contributed by atoms with van der Waals surface area (Å²) in [7, 11) is 0. The number of aliphatic carboxylic acids is 1. The zero-order valence-corrected chi connectivity index (χ0v) is 7.20. The fraction of sp³-hybridized carbons (Fsp3) is 0.500. The van der Waals surface area contributed by atoms with Crippen LogP contribution in [0, 0.1) is 0 Å². The van der Waals surface area contributed by atoms with Crippen LogP contribution in [0.1, 0.15) is 20.3 Å². The van der Waals surface area contributed by atoms with Gasteiger partial charge in [-0.3, -0.25) is 4.79 Å². The maximum absolute atomic E-state index is 10.9. The van der Waals surface area contributed by atoms with E-state index in [1.54, 1.807) is 0 Å². The molecule has 0 heterocycles. The molecular formula is C8H13NO3. The second-order valence-corrected chi connectivity index (χ2v) is 2.49. The Kier molecular flexibility index (Phi) is 4.76. The molecule has 0 aromatic heterocycles. The lowest BCUT2D eigenvalue weighted by Gasteiger charge is -2.07. The van der Waals surface area contributed by atoms with Crippen molar-refractivity contribution < 1.29 is 14.7 Å². The molecule has 0 radical (unpaired) electrons. The molecule has 4 heteroatoms. The smallest absolute Gasteiger partial charge is 0.328 e. The van der Waals surface area contributed by atoms with Crippen LogP contribution in [0.4, 0.5) is 0 Å². The van der Waals surface area contributed by atoms with Gasteiger partial charge >= 0.3 is 5.97 Å². The van der Waals surface area contributed by atoms with Crippen LogP contribution < -0.4 is 5.32 Å². The normalized spacial score (nSPS) is 12.8. The van der Waals surface area contributed by atoms with E-state index in [2.05, 4.69) is 5.32 Å². The molecule has 0 fully saturated rings. The maximum atomic E-state index is 10.9. The number of hydrogen-bond acceptors (Lipinski definition) is 2. The average Bonchev–Trinajstić information content (AvgIpc) is 2.00. The van der Waals surface area contributed by atoms with Crippen molar-refractivity contribution in [3.05, 3.63) is 12.2 Å². The van der Waals surface area contributed by atoms with E-state index in [-0.39, 0.29) is 11.9 Å². The Morgan fingerprint density at radius 1 is 1.50 bits per heavy atom. The summed E-state index contributed by atoms with van der Waals surface area (Å²) in [5.41, 5.74) is 0. The van der Waals surface area contributed by atoms with E-state index < -0.39 is 5.97 Å². The van der Waals surface area contributed by atoms with Gasteiger partial charge in [0.25, 0.3) is 0 Å². The van der Waals surface area contributed by atoms with E-state index in [0.29, 0.717) is 0 Å². The number of carboxylic acids is 1. The van der Waals surface area contributed by atoms with Crippen molar-refractivity contribution in [2.24, 2.45) is 0 Å². The largest absolute Gasteiger partial charge is 0.478 e. The van der Waals surface area contributed by atoms with Crippen LogP contribution in [0.2, 0.25) is 0 Å². The quantitative estimate of drug-likeness (QED) is 0.607. The molecule has 0 aromatic rings. The van der Waals surface area contributed by atoms with Gasteiger partial charge in [0.1, 0.15) is 0 Å². The molecule has 0 saturated carbocycles. The van der Waals surface area contributed by atoms with Crippen molar-refractivity contribution in [3.8, 4) is 0 Å². The second-order valence-electron chi connectivity index (χ2n) is 2.49. The van der Waals surface area contributed by atoms with E-state index >= 15 is 0 Å². The summed E-state index contributed by atoms with van der Waals surface area (Å²) in [6.45, 7) is 3.79. The number of nitrogens with one attached hydrogen (secondary N) is 1. The minimum atomic E-state index is -1.12. The first-order valence-corrected chi connectivity index (χ1v) is 3.77. The number of carboxylic acid groups (broad SMARTS) is 1. The van der Waals surface area contributed by atoms with E-state index in [1.807, 2.05) is 13.8 Å². The Morgan fingerprint density at radius 2 is 2.08 bits per heavy atom. The summed E-state index contributed by atoms with van der Waals surface area (Å²) in [6, 6.07) is 0.0796. The first-order chi connectivity index (χ1) is 5.56. The Morgan fingerprint density at radius 3 is 2.50 bits per heavy atom. The zero-order chi connectivity index (χ0) is 9.56. The number of amides is 1. The Hall–Kier alpha value is -1.32. The highest BCUT2D eigenvalue weighted by molar-refractivity contribution is 5.93. The van der Waals surface area contributed by atoms with Crippen LogP contribution >= 0.6 is 0 Å². The molecule has 0 aromatic carbocycles. The van der Waals surface area contributed by atoms with E-state index in [4.69, 9.17) is 5.11 Å². The maximum Gasteiger partial charge on any atom is 0.328 e. The highest BCUT2D eigenvalue weighted by atomic mass is 16.4. The minimum Gasteiger partial charge on any atom is -0.478 e. The fourth-order valence-electron chi connectivity index (χ4n) is 0.540. The SMILES string of the molecule is CC[C@@H](C)NC(=O)/C=C/C(=O)O. The predicted molar refractivity (Wildman–Crippen MR) is 44.7 cm³/mol. The number of carbonyl (C=O) groups excluding carboxylic acids is 1. The lowest BCUT2D eigenvalue weighted by Crippen LogP contribution is -2.30. The van der Waals surface area contributed by atoms with Gasteiger partial charge in [0.2, 0.25) is 5.91 Å². The van der Waals surface area contributed by atoms with Crippen molar-refractivity contribution in [2.45, 2.75) is 26.3 Å². The molecule has 0 unspecified atom stereocenters. The van der Waals surface area contributed by atoms with Crippen molar-refractivity contribution in [1.82, 2.24) is 5.32 Å². The average molecular weight is 171 g/mol. The van der Waals surface area contributed by atoms with Gasteiger partial charge in [0.15, 0.2) is 0 Å². The Balaban J connectivity index is 3.81. The third-order valence-corrected chi connectivity index (χ3v) is 1.38. The topological polar surface area (TPSA) is 66.4 Å². The summed E-state index contributed by atoms with van der Waals surface area (Å²) >= 11 is 0. The van der Waals surface area contributed by atoms with Gasteiger partial charge < -0.3 is 10.4 Å². The van der Waals surface area contributed by atoms with E-state index in [9.17, 15) is 9.59 Å². The second kappa shape index (κ2) is 5.35. The highest BCUT2D eigenvalue weighted by Gasteiger charge is 2.01. The molecule has 0 rings (SSSR count). The molecule has 0 saturated heterocycles. The van der Waals surface area contributed by atoms with Crippen molar-refractivity contribution in [3.63, 3.8) is 0 Å². The molecule has 0 aliphatic rings. The zero-order valence-electron chi connectivity index (χ0n) is 7.20. The fourth-order valence-corrected chi connectivity index (χ4v) is 0.540. The van der Waals surface area contributed by atoms with Crippen LogP contribution in [0.25, 0.3) is 0 Å². The van der Waals surface area contributed by atoms with Gasteiger partial charge in [-0.05, 0) is 13.3 Å². The van der Waals surface area contributed by atoms with Gasteiger partial charge in [-0.15, -0.1) is 0 Å². The van der Waals surface area contributed by atoms with Gasteiger partial charge in [0, 0.05) is 18.2 Å². The van der Waals surface area contributed by atoms with E-state index in [1.165, 1.54) is 0 Å². The summed E-state index contributed by atoms with van der Waals surface area (Å²) in [5, 5.41) is 10.8. The first kappa shape index (κ1) is 10.7. The number of hydrogen-bond donors (Lipinski definition) is 2. The summed E-state index contributed by atoms with van der Waals surface area (Å²) < 4.78 is 0. The van der Waals surface area contributed by atoms with Crippen molar-refractivity contribution >= 4 is 11.9 Å². The lowest BCUT2D eigenvalue weighted by atomic mass is 10.2.